The Bertz CT molecular complexity index is 1310. The fourth-order valence-corrected chi connectivity index (χ4v) is 9.55. The lowest BCUT2D eigenvalue weighted by atomic mass is 9.78. The number of fused-ring (bicyclic) bond motifs is 15. The summed E-state index contributed by atoms with van der Waals surface area (Å²) in [5.74, 6) is -2.93. The monoisotopic (exact) mass is 803 g/mol. The molecule has 0 saturated carbocycles. The molecule has 5 saturated heterocycles. The fraction of sp³-hybridized carbons (Fsp3) is 0.951. The molecule has 0 spiro atoms. The van der Waals surface area contributed by atoms with Crippen LogP contribution in [0.5, 0.6) is 0 Å². The minimum Gasteiger partial charge on any atom is -0.459 e. The summed E-state index contributed by atoms with van der Waals surface area (Å²) in [6, 6.07) is -0.431. The van der Waals surface area contributed by atoms with Crippen LogP contribution < -0.4 is 0 Å². The van der Waals surface area contributed by atoms with Gasteiger partial charge >= 0.3 is 5.97 Å². The molecule has 0 aromatic carbocycles. The summed E-state index contributed by atoms with van der Waals surface area (Å²) in [6.45, 7) is 18.2. The number of hydrogen-bond donors (Lipinski definition) is 3. The largest absolute Gasteiger partial charge is 0.459 e. The molecule has 5 aliphatic rings. The van der Waals surface area contributed by atoms with Crippen LogP contribution >= 0.6 is 0 Å². The first-order chi connectivity index (χ1) is 26.0. The second kappa shape index (κ2) is 18.9. The summed E-state index contributed by atoms with van der Waals surface area (Å²) in [4.78, 5) is 32.3. The zero-order chi connectivity index (χ0) is 42.1. The molecule has 5 heterocycles. The van der Waals surface area contributed by atoms with Gasteiger partial charge in [-0.25, -0.2) is 0 Å². The van der Waals surface area contributed by atoms with E-state index in [2.05, 4.69) is 11.8 Å². The SMILES string of the molecule is CC[C@H]1OC(=O)[C@H](C)[C@@H](O[C@H]2C[C@@](C)(OC)[C@@H](O)[C@H](C)O2)[C@H](C)[C@@H](O[C@@H]2O[C@H](C)C[C@H](N(C)C)[C@H]2O)[C@@]2(C)C[C@@H](C)N(C)C[C@H](C)[C@@H](OCC(=O)CO2)[C@]1(C)O. The molecule has 5 aliphatic heterocycles. The number of esters is 1. The number of ketones is 1. The average Bonchev–Trinajstić information content (AvgIpc) is 3.12. The lowest BCUT2D eigenvalue weighted by molar-refractivity contribution is -0.320. The topological polar surface area (TPSA) is 175 Å². The van der Waals surface area contributed by atoms with Crippen LogP contribution in [0.3, 0.4) is 0 Å². The molecule has 0 aromatic rings. The fourth-order valence-electron chi connectivity index (χ4n) is 9.55. The zero-order valence-corrected chi connectivity index (χ0v) is 36.4. The van der Waals surface area contributed by atoms with Crippen molar-refractivity contribution in [3.05, 3.63) is 0 Å². The third-order valence-corrected chi connectivity index (χ3v) is 13.2. The third-order valence-electron chi connectivity index (χ3n) is 13.2. The number of ether oxygens (including phenoxy) is 8. The first-order valence-electron chi connectivity index (χ1n) is 20.6. The van der Waals surface area contributed by atoms with Crippen molar-refractivity contribution in [1.29, 1.82) is 0 Å². The third kappa shape index (κ3) is 10.3. The van der Waals surface area contributed by atoms with Crippen molar-refractivity contribution in [2.75, 3.05) is 48.0 Å². The van der Waals surface area contributed by atoms with Gasteiger partial charge in [0, 0.05) is 38.1 Å². The number of hydrogen-bond acceptors (Lipinski definition) is 15. The first-order valence-corrected chi connectivity index (χ1v) is 20.6. The van der Waals surface area contributed by atoms with E-state index in [9.17, 15) is 24.9 Å². The minimum absolute atomic E-state index is 0.144. The molecule has 326 valence electrons. The lowest BCUT2D eigenvalue weighted by Gasteiger charge is -2.50. The van der Waals surface area contributed by atoms with Gasteiger partial charge in [-0.2, -0.15) is 0 Å². The maximum absolute atomic E-state index is 14.5. The van der Waals surface area contributed by atoms with Gasteiger partial charge in [-0.3, -0.25) is 9.59 Å². The first kappa shape index (κ1) is 47.3. The molecule has 5 rings (SSSR count). The molecule has 15 nitrogen and oxygen atoms in total. The molecule has 5 fully saturated rings. The van der Waals surface area contributed by atoms with Gasteiger partial charge < -0.3 is 63.0 Å². The Balaban J connectivity index is 1.94. The Morgan fingerprint density at radius 1 is 0.964 bits per heavy atom. The van der Waals surface area contributed by atoms with Crippen LogP contribution in [0, 0.1) is 17.8 Å². The average molecular weight is 803 g/mol. The minimum atomic E-state index is -1.69. The van der Waals surface area contributed by atoms with Crippen molar-refractivity contribution in [3.8, 4) is 0 Å². The van der Waals surface area contributed by atoms with Crippen LogP contribution in [0.1, 0.15) is 94.9 Å². The van der Waals surface area contributed by atoms with Crippen LogP contribution in [0.4, 0.5) is 0 Å². The molecule has 0 aliphatic carbocycles. The second-order valence-electron chi connectivity index (χ2n) is 18.2. The van der Waals surface area contributed by atoms with Gasteiger partial charge in [-0.15, -0.1) is 0 Å². The van der Waals surface area contributed by atoms with Crippen molar-refractivity contribution in [3.63, 3.8) is 0 Å². The van der Waals surface area contributed by atoms with E-state index in [1.807, 2.05) is 60.7 Å². The Morgan fingerprint density at radius 2 is 1.62 bits per heavy atom. The normalized spacial score (nSPS) is 48.4. The van der Waals surface area contributed by atoms with Gasteiger partial charge in [-0.1, -0.05) is 20.8 Å². The van der Waals surface area contributed by atoms with E-state index in [4.69, 9.17) is 37.9 Å². The van der Waals surface area contributed by atoms with Gasteiger partial charge in [0.2, 0.25) is 0 Å². The number of methoxy groups -OCH3 is 1. The molecule has 0 amide bonds. The molecular formula is C41H74N2O13. The highest BCUT2D eigenvalue weighted by atomic mass is 16.7. The van der Waals surface area contributed by atoms with E-state index < -0.39 is 89.9 Å². The maximum atomic E-state index is 14.5. The highest BCUT2D eigenvalue weighted by molar-refractivity contribution is 5.81. The molecule has 0 unspecified atom stereocenters. The van der Waals surface area contributed by atoms with E-state index in [1.165, 1.54) is 7.11 Å². The van der Waals surface area contributed by atoms with Crippen molar-refractivity contribution < 1.29 is 62.8 Å². The van der Waals surface area contributed by atoms with Crippen molar-refractivity contribution >= 4 is 11.8 Å². The smallest absolute Gasteiger partial charge is 0.311 e. The van der Waals surface area contributed by atoms with Gasteiger partial charge in [0.15, 0.2) is 18.4 Å². The number of rotatable bonds is 7. The van der Waals surface area contributed by atoms with Crippen molar-refractivity contribution in [2.45, 2.75) is 185 Å². The highest BCUT2D eigenvalue weighted by Crippen LogP contribution is 2.41. The van der Waals surface area contributed by atoms with Gasteiger partial charge in [0.05, 0.1) is 47.6 Å². The summed E-state index contributed by atoms with van der Waals surface area (Å²) < 4.78 is 51.4. The standard InChI is InChI=1S/C41H74N2O13/c1-15-30-41(10,48)35-22(2)19-43(13)23(3)17-40(9,51-21-28(44)20-50-35)36(56-38-32(45)29(42(11)12)16-24(4)52-38)25(5)33(26(6)37(47)54-30)55-31-18-39(8,49-14)34(46)27(7)53-31/h22-27,29-36,38,45-46,48H,15-21H2,1-14H3/t22-,23+,24+,25-,26+,27-,29-,30+,31-,32+,33-,34-,35+,36+,38-,39+,40+,41+/m0/s1. The number of Topliss-reactive ketones (excluding diaryl/α,β-unsaturated/α-hetero) is 1. The van der Waals surface area contributed by atoms with E-state index in [0.29, 0.717) is 19.4 Å². The van der Waals surface area contributed by atoms with Crippen LogP contribution in [0.2, 0.25) is 0 Å². The number of nitrogens with zero attached hydrogens (tertiary/aromatic N) is 2. The summed E-state index contributed by atoms with van der Waals surface area (Å²) >= 11 is 0. The molecule has 0 aromatic heterocycles. The number of aliphatic hydroxyl groups excluding tert-OH is 2. The van der Waals surface area contributed by atoms with Crippen molar-refractivity contribution in [2.24, 2.45) is 17.8 Å². The molecule has 56 heavy (non-hydrogen) atoms. The predicted octanol–water partition coefficient (Wildman–Crippen LogP) is 2.53. The number of carbonyl (C=O) groups is 2. The van der Waals surface area contributed by atoms with E-state index >= 15 is 0 Å². The van der Waals surface area contributed by atoms with Gasteiger partial charge in [0.25, 0.3) is 0 Å². The quantitative estimate of drug-likeness (QED) is 0.320. The second-order valence-corrected chi connectivity index (χ2v) is 18.2. The number of likely N-dealkylation sites (N-methyl/N-ethyl adjacent to an activating group) is 1. The maximum Gasteiger partial charge on any atom is 0.311 e. The molecule has 0 radical (unpaired) electrons. The number of aliphatic hydroxyl groups is 3. The summed E-state index contributed by atoms with van der Waals surface area (Å²) in [5.41, 5.74) is -3.94. The Hall–Kier alpha value is -1.34. The van der Waals surface area contributed by atoms with Gasteiger partial charge in [0.1, 0.15) is 37.1 Å². The summed E-state index contributed by atoms with van der Waals surface area (Å²) in [5, 5.41) is 35.0. The molecule has 15 heteroatoms. The van der Waals surface area contributed by atoms with E-state index in [-0.39, 0.29) is 55.9 Å². The Morgan fingerprint density at radius 3 is 2.23 bits per heavy atom. The zero-order valence-electron chi connectivity index (χ0n) is 36.4. The Kier molecular flexibility index (Phi) is 16.0. The Labute approximate surface area is 334 Å². The van der Waals surface area contributed by atoms with Crippen LogP contribution in [-0.2, 0) is 47.5 Å². The van der Waals surface area contributed by atoms with E-state index in [1.54, 1.807) is 27.7 Å². The molecule has 2 bridgehead atoms. The van der Waals surface area contributed by atoms with Crippen LogP contribution in [-0.4, -0.2) is 175 Å². The highest BCUT2D eigenvalue weighted by Gasteiger charge is 2.54. The molecule has 3 N–H and O–H groups in total. The van der Waals surface area contributed by atoms with Crippen LogP contribution in [0.25, 0.3) is 0 Å². The predicted molar refractivity (Wildman–Crippen MR) is 207 cm³/mol. The van der Waals surface area contributed by atoms with E-state index in [0.717, 1.165) is 0 Å². The summed E-state index contributed by atoms with van der Waals surface area (Å²) in [6.07, 6.45) is -7.42. The number of carbonyl (C=O) groups excluding carboxylic acids is 2. The molecular weight excluding hydrogens is 728 g/mol. The summed E-state index contributed by atoms with van der Waals surface area (Å²) in [7, 11) is 7.32. The van der Waals surface area contributed by atoms with Crippen LogP contribution in [0.15, 0.2) is 0 Å². The van der Waals surface area contributed by atoms with Crippen molar-refractivity contribution in [1.82, 2.24) is 9.80 Å². The molecule has 18 atom stereocenters. The lowest BCUT2D eigenvalue weighted by Crippen LogP contribution is -2.61. The van der Waals surface area contributed by atoms with Gasteiger partial charge in [-0.05, 0) is 94.8 Å².